The van der Waals surface area contributed by atoms with Gasteiger partial charge in [0.2, 0.25) is 0 Å². The molecule has 6 heteroatoms. The van der Waals surface area contributed by atoms with Gasteiger partial charge in [0.05, 0.1) is 13.0 Å². The number of alkyl halides is 3. The molecule has 0 aromatic carbocycles. The summed E-state index contributed by atoms with van der Waals surface area (Å²) in [5.41, 5.74) is 0. The third-order valence-corrected chi connectivity index (χ3v) is 1.03. The van der Waals surface area contributed by atoms with Crippen molar-refractivity contribution in [2.75, 3.05) is 13.2 Å². The average Bonchev–Trinajstić information content (AvgIpc) is 1.98. The van der Waals surface area contributed by atoms with Crippen molar-refractivity contribution in [1.82, 2.24) is 0 Å². The molecule has 0 bridgehead atoms. The van der Waals surface area contributed by atoms with E-state index in [1.54, 1.807) is 6.92 Å². The predicted molar refractivity (Wildman–Crippen MR) is 38.3 cm³/mol. The molecule has 0 aliphatic heterocycles. The summed E-state index contributed by atoms with van der Waals surface area (Å²) in [6.07, 6.45) is -5.89. The second-order valence-corrected chi connectivity index (χ2v) is 2.31. The van der Waals surface area contributed by atoms with Gasteiger partial charge in [-0.2, -0.15) is 13.2 Å². The Morgan fingerprint density at radius 1 is 1.23 bits per heavy atom. The van der Waals surface area contributed by atoms with E-state index in [1.807, 2.05) is 0 Å². The summed E-state index contributed by atoms with van der Waals surface area (Å²) in [7, 11) is 0. The molecular formula is C7H11F3O3. The second-order valence-electron chi connectivity index (χ2n) is 2.31. The molecule has 0 saturated carbocycles. The van der Waals surface area contributed by atoms with Crippen molar-refractivity contribution in [1.29, 1.82) is 0 Å². The van der Waals surface area contributed by atoms with E-state index in [4.69, 9.17) is 0 Å². The molecule has 0 unspecified atom stereocenters. The van der Waals surface area contributed by atoms with E-state index >= 15 is 0 Å². The highest BCUT2D eigenvalue weighted by Gasteiger charge is 2.27. The molecule has 0 heterocycles. The summed E-state index contributed by atoms with van der Waals surface area (Å²) in [6, 6.07) is 0. The molecule has 0 aliphatic rings. The normalized spacial score (nSPS) is 11.1. The lowest BCUT2D eigenvalue weighted by Gasteiger charge is -2.07. The number of halogens is 3. The van der Waals surface area contributed by atoms with Crippen molar-refractivity contribution < 1.29 is 27.4 Å². The molecule has 0 saturated heterocycles. The maximum Gasteiger partial charge on any atom is 0.508 e. The van der Waals surface area contributed by atoms with E-state index < -0.39 is 25.4 Å². The number of carbonyl (C=O) groups excluding carboxylic acids is 1. The Kier molecular flexibility index (Phi) is 5.25. The Bertz CT molecular complexity index is 156. The molecule has 0 aromatic heterocycles. The van der Waals surface area contributed by atoms with Crippen molar-refractivity contribution >= 4 is 6.16 Å². The summed E-state index contributed by atoms with van der Waals surface area (Å²) >= 11 is 0. The molecule has 0 radical (unpaired) electrons. The van der Waals surface area contributed by atoms with Gasteiger partial charge in [0, 0.05) is 0 Å². The van der Waals surface area contributed by atoms with Crippen LogP contribution >= 0.6 is 0 Å². The first-order valence-electron chi connectivity index (χ1n) is 3.82. The first-order valence-corrected chi connectivity index (χ1v) is 3.82. The van der Waals surface area contributed by atoms with Crippen LogP contribution in [0.15, 0.2) is 0 Å². The summed E-state index contributed by atoms with van der Waals surface area (Å²) in [4.78, 5) is 10.5. The van der Waals surface area contributed by atoms with Gasteiger partial charge in [-0.15, -0.1) is 0 Å². The molecular weight excluding hydrogens is 189 g/mol. The van der Waals surface area contributed by atoms with Crippen LogP contribution in [0.25, 0.3) is 0 Å². The van der Waals surface area contributed by atoms with E-state index in [1.165, 1.54) is 0 Å². The third-order valence-electron chi connectivity index (χ3n) is 1.03. The van der Waals surface area contributed by atoms with Gasteiger partial charge in [0.1, 0.15) is 6.61 Å². The van der Waals surface area contributed by atoms with Crippen LogP contribution in [0.5, 0.6) is 0 Å². The van der Waals surface area contributed by atoms with Crippen molar-refractivity contribution in [3.63, 3.8) is 0 Å². The predicted octanol–water partition coefficient (Wildman–Crippen LogP) is 2.50. The van der Waals surface area contributed by atoms with E-state index in [0.29, 0.717) is 6.42 Å². The molecule has 0 amide bonds. The second kappa shape index (κ2) is 5.66. The first-order chi connectivity index (χ1) is 5.95. The zero-order chi connectivity index (χ0) is 10.3. The van der Waals surface area contributed by atoms with Gasteiger partial charge in [0.25, 0.3) is 0 Å². The summed E-state index contributed by atoms with van der Waals surface area (Å²) in [5.74, 6) is 0. The highest BCUT2D eigenvalue weighted by molar-refractivity contribution is 5.59. The van der Waals surface area contributed by atoms with E-state index in [9.17, 15) is 18.0 Å². The Labute approximate surface area is 73.8 Å². The molecule has 0 spiro atoms. The maximum absolute atomic E-state index is 11.5. The summed E-state index contributed by atoms with van der Waals surface area (Å²) < 4.78 is 43.1. The van der Waals surface area contributed by atoms with Crippen LogP contribution < -0.4 is 0 Å². The van der Waals surface area contributed by atoms with Crippen LogP contribution in [0, 0.1) is 0 Å². The molecule has 0 atom stereocenters. The molecule has 0 N–H and O–H groups in total. The Morgan fingerprint density at radius 2 is 1.77 bits per heavy atom. The number of rotatable bonds is 4. The third kappa shape index (κ3) is 8.97. The summed E-state index contributed by atoms with van der Waals surface area (Å²) in [6.45, 7) is 1.24. The molecule has 13 heavy (non-hydrogen) atoms. The zero-order valence-electron chi connectivity index (χ0n) is 7.19. The first kappa shape index (κ1) is 12.1. The van der Waals surface area contributed by atoms with Gasteiger partial charge in [-0.25, -0.2) is 4.79 Å². The van der Waals surface area contributed by atoms with Gasteiger partial charge in [-0.1, -0.05) is 6.92 Å². The quantitative estimate of drug-likeness (QED) is 0.654. The largest absolute Gasteiger partial charge is 0.508 e. The van der Waals surface area contributed by atoms with Gasteiger partial charge >= 0.3 is 12.3 Å². The Hall–Kier alpha value is -0.940. The van der Waals surface area contributed by atoms with E-state index in [-0.39, 0.29) is 6.61 Å². The fraction of sp³-hybridized carbons (Fsp3) is 0.857. The topological polar surface area (TPSA) is 35.5 Å². The standard InChI is InChI=1S/C7H11F3O3/c1-2-4-12-6(11)13-5-3-7(8,9)10/h2-5H2,1H3. The lowest BCUT2D eigenvalue weighted by atomic mass is 10.4. The van der Waals surface area contributed by atoms with Crippen LogP contribution in [-0.2, 0) is 9.47 Å². The van der Waals surface area contributed by atoms with Crippen molar-refractivity contribution in [3.8, 4) is 0 Å². The minimum atomic E-state index is -4.30. The fourth-order valence-electron chi connectivity index (χ4n) is 0.477. The minimum absolute atomic E-state index is 0.158. The van der Waals surface area contributed by atoms with Gasteiger partial charge in [-0.3, -0.25) is 0 Å². The molecule has 3 nitrogen and oxygen atoms in total. The van der Waals surface area contributed by atoms with Crippen molar-refractivity contribution in [3.05, 3.63) is 0 Å². The summed E-state index contributed by atoms with van der Waals surface area (Å²) in [5, 5.41) is 0. The SMILES string of the molecule is CCCOC(=O)OCCC(F)(F)F. The number of ether oxygens (including phenoxy) is 2. The Balaban J connectivity index is 3.37. The molecule has 0 aliphatic carbocycles. The molecule has 78 valence electrons. The molecule has 0 aromatic rings. The minimum Gasteiger partial charge on any atom is -0.434 e. The lowest BCUT2D eigenvalue weighted by Crippen LogP contribution is -2.15. The monoisotopic (exact) mass is 200 g/mol. The fourth-order valence-corrected chi connectivity index (χ4v) is 0.477. The van der Waals surface area contributed by atoms with Crippen LogP contribution in [0.4, 0.5) is 18.0 Å². The lowest BCUT2D eigenvalue weighted by molar-refractivity contribution is -0.142. The van der Waals surface area contributed by atoms with E-state index in [0.717, 1.165) is 0 Å². The zero-order valence-corrected chi connectivity index (χ0v) is 7.19. The van der Waals surface area contributed by atoms with Crippen LogP contribution in [-0.4, -0.2) is 25.5 Å². The highest BCUT2D eigenvalue weighted by atomic mass is 19.4. The maximum atomic E-state index is 11.5. The van der Waals surface area contributed by atoms with E-state index in [2.05, 4.69) is 9.47 Å². The molecule has 0 fully saturated rings. The van der Waals surface area contributed by atoms with Crippen LogP contribution in [0.3, 0.4) is 0 Å². The van der Waals surface area contributed by atoms with Gasteiger partial charge < -0.3 is 9.47 Å². The van der Waals surface area contributed by atoms with Gasteiger partial charge in [-0.05, 0) is 6.42 Å². The van der Waals surface area contributed by atoms with Crippen LogP contribution in [0.1, 0.15) is 19.8 Å². The Morgan fingerprint density at radius 3 is 2.23 bits per heavy atom. The number of carbonyl (C=O) groups is 1. The molecule has 0 rings (SSSR count). The average molecular weight is 200 g/mol. The highest BCUT2D eigenvalue weighted by Crippen LogP contribution is 2.18. The van der Waals surface area contributed by atoms with Gasteiger partial charge in [0.15, 0.2) is 0 Å². The van der Waals surface area contributed by atoms with Crippen molar-refractivity contribution in [2.24, 2.45) is 0 Å². The smallest absolute Gasteiger partial charge is 0.434 e. The van der Waals surface area contributed by atoms with Crippen molar-refractivity contribution in [2.45, 2.75) is 25.9 Å². The number of hydrogen-bond acceptors (Lipinski definition) is 3. The number of hydrogen-bond donors (Lipinski definition) is 0. The van der Waals surface area contributed by atoms with Crippen LogP contribution in [0.2, 0.25) is 0 Å².